The summed E-state index contributed by atoms with van der Waals surface area (Å²) in [7, 11) is 0. The third-order valence-electron chi connectivity index (χ3n) is 5.82. The number of Topliss-reactive ketones (excluding diaryl/α,β-unsaturated/α-hetero) is 1. The molecule has 4 rings (SSSR count). The number of alkyl halides is 6. The number of benzene rings is 1. The summed E-state index contributed by atoms with van der Waals surface area (Å²) in [6, 6.07) is 2.60. The molecule has 14 heteroatoms. The highest BCUT2D eigenvalue weighted by atomic mass is 19.4. The van der Waals surface area contributed by atoms with Gasteiger partial charge in [0, 0.05) is 19.6 Å². The van der Waals surface area contributed by atoms with E-state index >= 15 is 0 Å². The Labute approximate surface area is 201 Å². The molecule has 8 nitrogen and oxygen atoms in total. The molecule has 1 saturated heterocycles. The zero-order chi connectivity index (χ0) is 26.1. The van der Waals surface area contributed by atoms with Gasteiger partial charge in [-0.1, -0.05) is 0 Å². The fourth-order valence-corrected chi connectivity index (χ4v) is 3.94. The lowest BCUT2D eigenvalue weighted by Crippen LogP contribution is -2.39. The number of amides is 1. The first kappa shape index (κ1) is 25.9. The number of ketones is 1. The zero-order valence-electron chi connectivity index (χ0n) is 18.9. The summed E-state index contributed by atoms with van der Waals surface area (Å²) in [4.78, 5) is 28.3. The third-order valence-corrected chi connectivity index (χ3v) is 5.82. The number of fused-ring (bicyclic) bond motifs is 1. The molecular formula is C22H22F6N4O4. The van der Waals surface area contributed by atoms with E-state index in [-0.39, 0.29) is 43.7 Å². The number of aromatic nitrogens is 2. The summed E-state index contributed by atoms with van der Waals surface area (Å²) < 4.78 is 90.0. The van der Waals surface area contributed by atoms with Gasteiger partial charge in [0.1, 0.15) is 12.3 Å². The van der Waals surface area contributed by atoms with Gasteiger partial charge in [-0.2, -0.15) is 31.4 Å². The molecule has 2 aromatic rings. The number of morpholine rings is 1. The lowest BCUT2D eigenvalue weighted by Gasteiger charge is -2.27. The average molecular weight is 520 g/mol. The van der Waals surface area contributed by atoms with Crippen molar-refractivity contribution < 1.29 is 45.4 Å². The van der Waals surface area contributed by atoms with E-state index in [4.69, 9.17) is 9.47 Å². The molecule has 0 radical (unpaired) electrons. The minimum atomic E-state index is -5.00. The molecule has 0 bridgehead atoms. The number of carbonyl (C=O) groups excluding carboxylic acids is 2. The molecule has 0 atom stereocenters. The summed E-state index contributed by atoms with van der Waals surface area (Å²) in [5.41, 5.74) is -2.61. The van der Waals surface area contributed by atoms with E-state index in [1.165, 1.54) is 4.90 Å². The first-order valence-corrected chi connectivity index (χ1v) is 11.0. The van der Waals surface area contributed by atoms with E-state index in [1.54, 1.807) is 10.7 Å². The second-order valence-corrected chi connectivity index (χ2v) is 8.45. The van der Waals surface area contributed by atoms with Gasteiger partial charge in [0.2, 0.25) is 0 Å². The van der Waals surface area contributed by atoms with Crippen molar-refractivity contribution in [1.29, 1.82) is 0 Å². The number of nitrogens with zero attached hydrogens (tertiary/aromatic N) is 4. The van der Waals surface area contributed by atoms with Crippen LogP contribution < -0.4 is 0 Å². The normalized spacial score (nSPS) is 17.1. The van der Waals surface area contributed by atoms with Crippen LogP contribution in [0.15, 0.2) is 24.3 Å². The summed E-state index contributed by atoms with van der Waals surface area (Å²) in [5, 5.41) is 4.29. The van der Waals surface area contributed by atoms with Crippen molar-refractivity contribution in [2.24, 2.45) is 0 Å². The van der Waals surface area contributed by atoms with Crippen molar-refractivity contribution in [1.82, 2.24) is 19.6 Å². The molecule has 1 amide bonds. The molecule has 1 fully saturated rings. The van der Waals surface area contributed by atoms with Crippen LogP contribution in [0, 0.1) is 0 Å². The standard InChI is InChI=1S/C22H22F6N4O4/c23-21(24,25)15-7-14(8-16(9-15)22(26,27)28)13-36-20(34)31-1-2-32-17(11-31)10-18(29-32)19(33)12-30-3-5-35-6-4-30/h7-10H,1-6,11-13H2. The molecule has 0 saturated carbocycles. The summed E-state index contributed by atoms with van der Waals surface area (Å²) in [6.45, 7) is 2.17. The highest BCUT2D eigenvalue weighted by molar-refractivity contribution is 5.96. The number of carbonyl (C=O) groups is 2. The van der Waals surface area contributed by atoms with E-state index in [0.717, 1.165) is 0 Å². The Bertz CT molecular complexity index is 1090. The highest BCUT2D eigenvalue weighted by Crippen LogP contribution is 2.36. The van der Waals surface area contributed by atoms with Gasteiger partial charge >= 0.3 is 18.4 Å². The molecule has 196 valence electrons. The minimum Gasteiger partial charge on any atom is -0.445 e. The van der Waals surface area contributed by atoms with Crippen molar-refractivity contribution in [3.63, 3.8) is 0 Å². The van der Waals surface area contributed by atoms with Crippen molar-refractivity contribution in [3.05, 3.63) is 52.3 Å². The van der Waals surface area contributed by atoms with Crippen LogP contribution in [0.25, 0.3) is 0 Å². The van der Waals surface area contributed by atoms with E-state index < -0.39 is 41.7 Å². The van der Waals surface area contributed by atoms with Gasteiger partial charge in [0.15, 0.2) is 5.78 Å². The van der Waals surface area contributed by atoms with Crippen LogP contribution in [-0.4, -0.2) is 70.8 Å². The quantitative estimate of drug-likeness (QED) is 0.443. The Morgan fingerprint density at radius 2 is 1.56 bits per heavy atom. The van der Waals surface area contributed by atoms with Crippen LogP contribution in [-0.2, 0) is 41.5 Å². The molecule has 2 aliphatic heterocycles. The maximum Gasteiger partial charge on any atom is 0.416 e. The van der Waals surface area contributed by atoms with E-state index in [1.807, 2.05) is 4.90 Å². The molecule has 0 aliphatic carbocycles. The summed E-state index contributed by atoms with van der Waals surface area (Å²) in [5.74, 6) is -0.182. The Hall–Kier alpha value is -3.13. The molecule has 0 unspecified atom stereocenters. The van der Waals surface area contributed by atoms with Gasteiger partial charge in [0.25, 0.3) is 0 Å². The van der Waals surface area contributed by atoms with Crippen molar-refractivity contribution in [2.45, 2.75) is 32.0 Å². The monoisotopic (exact) mass is 520 g/mol. The van der Waals surface area contributed by atoms with Crippen molar-refractivity contribution in [2.75, 3.05) is 39.4 Å². The molecule has 36 heavy (non-hydrogen) atoms. The van der Waals surface area contributed by atoms with Gasteiger partial charge in [-0.3, -0.25) is 14.4 Å². The van der Waals surface area contributed by atoms with Gasteiger partial charge in [-0.15, -0.1) is 0 Å². The van der Waals surface area contributed by atoms with E-state index in [2.05, 4.69) is 5.10 Å². The second kappa shape index (κ2) is 10.1. The predicted molar refractivity (Wildman–Crippen MR) is 111 cm³/mol. The highest BCUT2D eigenvalue weighted by Gasteiger charge is 2.37. The maximum atomic E-state index is 13.0. The molecule has 3 heterocycles. The van der Waals surface area contributed by atoms with Gasteiger partial charge in [-0.05, 0) is 29.8 Å². The lowest BCUT2D eigenvalue weighted by molar-refractivity contribution is -0.143. The van der Waals surface area contributed by atoms with Crippen LogP contribution in [0.5, 0.6) is 0 Å². The fourth-order valence-electron chi connectivity index (χ4n) is 3.94. The van der Waals surface area contributed by atoms with Crippen molar-refractivity contribution in [3.8, 4) is 0 Å². The fraction of sp³-hybridized carbons (Fsp3) is 0.500. The Balaban J connectivity index is 1.38. The molecule has 1 aromatic carbocycles. The first-order chi connectivity index (χ1) is 16.9. The summed E-state index contributed by atoms with van der Waals surface area (Å²) in [6.07, 6.45) is -10.9. The van der Waals surface area contributed by atoms with Crippen LogP contribution >= 0.6 is 0 Å². The van der Waals surface area contributed by atoms with Crippen molar-refractivity contribution >= 4 is 11.9 Å². The smallest absolute Gasteiger partial charge is 0.416 e. The van der Waals surface area contributed by atoms with Crippen LogP contribution in [0.1, 0.15) is 32.9 Å². The van der Waals surface area contributed by atoms with E-state index in [0.29, 0.717) is 44.1 Å². The topological polar surface area (TPSA) is 76.9 Å². The van der Waals surface area contributed by atoms with Gasteiger partial charge in [0.05, 0.1) is 49.7 Å². The molecule has 0 spiro atoms. The first-order valence-electron chi connectivity index (χ1n) is 11.0. The van der Waals surface area contributed by atoms with Crippen LogP contribution in [0.2, 0.25) is 0 Å². The van der Waals surface area contributed by atoms with Crippen LogP contribution in [0.3, 0.4) is 0 Å². The van der Waals surface area contributed by atoms with Gasteiger partial charge < -0.3 is 14.4 Å². The second-order valence-electron chi connectivity index (χ2n) is 8.45. The number of halogens is 6. The largest absolute Gasteiger partial charge is 0.445 e. The van der Waals surface area contributed by atoms with Gasteiger partial charge in [-0.25, -0.2) is 4.79 Å². The average Bonchev–Trinajstić information content (AvgIpc) is 3.25. The number of hydrogen-bond donors (Lipinski definition) is 0. The minimum absolute atomic E-state index is 0.00898. The Morgan fingerprint density at radius 3 is 2.17 bits per heavy atom. The molecule has 0 N–H and O–H groups in total. The number of ether oxygens (including phenoxy) is 2. The Morgan fingerprint density at radius 1 is 0.917 bits per heavy atom. The lowest BCUT2D eigenvalue weighted by atomic mass is 10.1. The number of hydrogen-bond acceptors (Lipinski definition) is 6. The molecular weight excluding hydrogens is 498 g/mol. The molecule has 1 aromatic heterocycles. The number of rotatable bonds is 5. The predicted octanol–water partition coefficient (Wildman–Crippen LogP) is 3.59. The third kappa shape index (κ3) is 6.16. The van der Waals surface area contributed by atoms with E-state index in [9.17, 15) is 35.9 Å². The maximum absolute atomic E-state index is 13.0. The molecule has 2 aliphatic rings. The zero-order valence-corrected chi connectivity index (χ0v) is 18.9. The Kier molecular flexibility index (Phi) is 7.27. The SMILES string of the molecule is O=C(CN1CCOCC1)c1cc2n(n1)CCN(C(=O)OCc1cc(C(F)(F)F)cc(C(F)(F)F)c1)C2. The van der Waals surface area contributed by atoms with Crippen LogP contribution in [0.4, 0.5) is 31.1 Å². The summed E-state index contributed by atoms with van der Waals surface area (Å²) >= 11 is 0.